The minimum atomic E-state index is 0. The molecule has 0 radical (unpaired) electrons. The van der Waals surface area contributed by atoms with Crippen LogP contribution in [0.25, 0.3) is 11.4 Å². The highest BCUT2D eigenvalue weighted by molar-refractivity contribution is 5.48. The smallest absolute Gasteiger partial charge is 0.248 e. The topological polar surface area (TPSA) is 26.8 Å². The molecule has 0 unspecified atom stereocenters. The number of unbranched alkanes of at least 4 members (excludes halogenated alkanes) is 8. The molecule has 43 heavy (non-hydrogen) atoms. The molecule has 2 heterocycles. The molecule has 2 aromatic carbocycles. The minimum Gasteiger partial charge on any atom is -1.00 e. The molecule has 5 nitrogen and oxygen atoms in total. The number of aryl methyl sites for hydroxylation is 5. The minimum absolute atomic E-state index is 0. The van der Waals surface area contributed by atoms with Gasteiger partial charge in [-0.05, 0) is 82.9 Å². The Balaban J connectivity index is 0.000000446. The van der Waals surface area contributed by atoms with Gasteiger partial charge in [0, 0.05) is 0 Å². The SMILES string of the molecule is CCCCCCCCCCC[n+]1ccn(-c2ccc(OCC)cc2)c1.CC[n+]1ccn(-c2c(C)cc(C)cc2C)c1.[I-].[I-]. The molecule has 238 valence electrons. The zero-order valence-corrected chi connectivity index (χ0v) is 31.7. The Morgan fingerprint density at radius 3 is 1.74 bits per heavy atom. The molecule has 0 aliphatic carbocycles. The molecule has 0 saturated heterocycles. The zero-order chi connectivity index (χ0) is 29.5. The third kappa shape index (κ3) is 13.3. The van der Waals surface area contributed by atoms with Gasteiger partial charge < -0.3 is 52.7 Å². The van der Waals surface area contributed by atoms with Crippen molar-refractivity contribution in [1.29, 1.82) is 0 Å². The first kappa shape index (κ1) is 39.1. The Morgan fingerprint density at radius 2 is 1.19 bits per heavy atom. The predicted octanol–water partition coefficient (Wildman–Crippen LogP) is 2.41. The van der Waals surface area contributed by atoms with Crippen molar-refractivity contribution in [3.8, 4) is 17.1 Å². The molecule has 4 rings (SSSR count). The molecule has 0 saturated carbocycles. The number of imidazole rings is 2. The van der Waals surface area contributed by atoms with Crippen LogP contribution in [0, 0.1) is 20.8 Å². The Bertz CT molecular complexity index is 1270. The van der Waals surface area contributed by atoms with Crippen LogP contribution in [0.1, 0.15) is 95.2 Å². The molecule has 2 aromatic heterocycles. The third-order valence-electron chi connectivity index (χ3n) is 7.61. The van der Waals surface area contributed by atoms with Gasteiger partial charge in [0.1, 0.15) is 41.9 Å². The van der Waals surface area contributed by atoms with Gasteiger partial charge in [0.15, 0.2) is 0 Å². The number of aromatic nitrogens is 4. The highest BCUT2D eigenvalue weighted by Gasteiger charge is 2.12. The lowest BCUT2D eigenvalue weighted by molar-refractivity contribution is -0.696. The fraction of sp³-hybridized carbons (Fsp3) is 0.500. The fourth-order valence-electron chi connectivity index (χ4n) is 5.46. The number of benzene rings is 2. The molecule has 0 aliphatic rings. The number of halogens is 2. The number of ether oxygens (including phenoxy) is 1. The van der Waals surface area contributed by atoms with Crippen LogP contribution in [-0.4, -0.2) is 15.7 Å². The summed E-state index contributed by atoms with van der Waals surface area (Å²) >= 11 is 0. The van der Waals surface area contributed by atoms with Crippen molar-refractivity contribution in [2.24, 2.45) is 0 Å². The van der Waals surface area contributed by atoms with Crippen LogP contribution >= 0.6 is 0 Å². The summed E-state index contributed by atoms with van der Waals surface area (Å²) < 4.78 is 14.3. The van der Waals surface area contributed by atoms with Gasteiger partial charge >= 0.3 is 0 Å². The Kier molecular flexibility index (Phi) is 19.8. The zero-order valence-electron chi connectivity index (χ0n) is 27.4. The summed E-state index contributed by atoms with van der Waals surface area (Å²) in [5.41, 5.74) is 6.47. The lowest BCUT2D eigenvalue weighted by Gasteiger charge is -2.06. The number of hydrogen-bond acceptors (Lipinski definition) is 1. The summed E-state index contributed by atoms with van der Waals surface area (Å²) in [6.45, 7) is 15.8. The summed E-state index contributed by atoms with van der Waals surface area (Å²) in [4.78, 5) is 0. The van der Waals surface area contributed by atoms with E-state index in [2.05, 4.69) is 115 Å². The molecule has 0 bridgehead atoms. The summed E-state index contributed by atoms with van der Waals surface area (Å²) in [6.07, 6.45) is 25.3. The maximum absolute atomic E-state index is 5.50. The van der Waals surface area contributed by atoms with Crippen LogP contribution in [0.2, 0.25) is 0 Å². The number of rotatable bonds is 15. The normalized spacial score (nSPS) is 10.4. The fourth-order valence-corrected chi connectivity index (χ4v) is 5.46. The van der Waals surface area contributed by atoms with Crippen LogP contribution in [-0.2, 0) is 13.1 Å². The summed E-state index contributed by atoms with van der Waals surface area (Å²) in [6, 6.07) is 12.7. The first-order chi connectivity index (χ1) is 19.9. The van der Waals surface area contributed by atoms with Gasteiger partial charge in [0.2, 0.25) is 12.7 Å². The van der Waals surface area contributed by atoms with E-state index in [9.17, 15) is 0 Å². The first-order valence-electron chi connectivity index (χ1n) is 15.9. The van der Waals surface area contributed by atoms with E-state index in [0.717, 1.165) is 18.8 Å². The van der Waals surface area contributed by atoms with Gasteiger partial charge in [0.25, 0.3) is 0 Å². The maximum Gasteiger partial charge on any atom is 0.248 e. The van der Waals surface area contributed by atoms with E-state index in [-0.39, 0.29) is 48.0 Å². The average Bonchev–Trinajstić information content (AvgIpc) is 3.63. The van der Waals surface area contributed by atoms with Crippen molar-refractivity contribution in [2.75, 3.05) is 6.61 Å². The monoisotopic (exact) mass is 812 g/mol. The van der Waals surface area contributed by atoms with Crippen LogP contribution in [0.4, 0.5) is 0 Å². The maximum atomic E-state index is 5.50. The van der Waals surface area contributed by atoms with E-state index in [4.69, 9.17) is 4.74 Å². The molecule has 0 aliphatic heterocycles. The highest BCUT2D eigenvalue weighted by Crippen LogP contribution is 2.20. The van der Waals surface area contributed by atoms with Crippen LogP contribution in [0.15, 0.2) is 73.8 Å². The van der Waals surface area contributed by atoms with Crippen molar-refractivity contribution in [3.63, 3.8) is 0 Å². The van der Waals surface area contributed by atoms with Crippen molar-refractivity contribution in [3.05, 3.63) is 90.5 Å². The molecular formula is C36H54I2N4O. The molecule has 0 fully saturated rings. The Labute approximate surface area is 295 Å². The van der Waals surface area contributed by atoms with Gasteiger partial charge in [-0.25, -0.2) is 18.3 Å². The van der Waals surface area contributed by atoms with Crippen molar-refractivity contribution in [1.82, 2.24) is 9.13 Å². The van der Waals surface area contributed by atoms with E-state index in [1.165, 1.54) is 85.9 Å². The molecule has 4 aromatic rings. The van der Waals surface area contributed by atoms with Gasteiger partial charge in [-0.2, -0.15) is 0 Å². The second-order valence-corrected chi connectivity index (χ2v) is 11.2. The first-order valence-corrected chi connectivity index (χ1v) is 15.9. The molecular weight excluding hydrogens is 758 g/mol. The molecule has 0 atom stereocenters. The molecule has 7 heteroatoms. The lowest BCUT2D eigenvalue weighted by Crippen LogP contribution is -3.00. The van der Waals surface area contributed by atoms with Gasteiger partial charge in [-0.15, -0.1) is 0 Å². The van der Waals surface area contributed by atoms with Crippen LogP contribution in [0.5, 0.6) is 5.75 Å². The second-order valence-electron chi connectivity index (χ2n) is 11.2. The van der Waals surface area contributed by atoms with E-state index >= 15 is 0 Å². The standard InChI is InChI=1S/C22H35N2O.C14H19N2.2HI/c1-3-5-6-7-8-9-10-11-12-17-23-18-19-24(20-23)21-13-15-22(16-14-21)25-4-2;1-5-15-6-7-16(10-15)14-12(3)8-11(2)9-13(14)4;;/h13-16,18-20H,3-12,17H2,1-2H3;6-10H,5H2,1-4H3;2*1H/q2*+1;;/p-2. The molecule has 0 spiro atoms. The van der Waals surface area contributed by atoms with E-state index < -0.39 is 0 Å². The van der Waals surface area contributed by atoms with Gasteiger partial charge in [-0.1, -0.05) is 69.6 Å². The predicted molar refractivity (Wildman–Crippen MR) is 170 cm³/mol. The molecule has 0 N–H and O–H groups in total. The van der Waals surface area contributed by atoms with E-state index in [0.29, 0.717) is 6.61 Å². The van der Waals surface area contributed by atoms with Crippen LogP contribution in [0.3, 0.4) is 0 Å². The van der Waals surface area contributed by atoms with Crippen LogP contribution < -0.4 is 61.8 Å². The Morgan fingerprint density at radius 1 is 0.651 bits per heavy atom. The quantitative estimate of drug-likeness (QED) is 0.103. The number of hydrogen-bond donors (Lipinski definition) is 0. The Hall–Kier alpha value is -1.88. The van der Waals surface area contributed by atoms with Crippen molar-refractivity contribution < 1.29 is 61.8 Å². The summed E-state index contributed by atoms with van der Waals surface area (Å²) in [7, 11) is 0. The van der Waals surface area contributed by atoms with E-state index in [1.54, 1.807) is 0 Å². The highest BCUT2D eigenvalue weighted by atomic mass is 127. The lowest BCUT2D eigenvalue weighted by atomic mass is 10.1. The molecule has 0 amide bonds. The third-order valence-corrected chi connectivity index (χ3v) is 7.61. The average molecular weight is 813 g/mol. The van der Waals surface area contributed by atoms with Crippen molar-refractivity contribution >= 4 is 0 Å². The summed E-state index contributed by atoms with van der Waals surface area (Å²) in [5, 5.41) is 0. The largest absolute Gasteiger partial charge is 1.00 e. The van der Waals surface area contributed by atoms with E-state index in [1.807, 2.05) is 19.1 Å². The number of nitrogens with zero attached hydrogens (tertiary/aromatic N) is 4. The van der Waals surface area contributed by atoms with Gasteiger partial charge in [0.05, 0.1) is 19.7 Å². The van der Waals surface area contributed by atoms with Crippen molar-refractivity contribution in [2.45, 2.75) is 112 Å². The second kappa shape index (κ2) is 21.8. The summed E-state index contributed by atoms with van der Waals surface area (Å²) in [5.74, 6) is 0.931. The van der Waals surface area contributed by atoms with Gasteiger partial charge in [-0.3, -0.25) is 0 Å².